The van der Waals surface area contributed by atoms with E-state index in [1.165, 1.54) is 6.07 Å². The van der Waals surface area contributed by atoms with Crippen molar-refractivity contribution in [3.63, 3.8) is 0 Å². The van der Waals surface area contributed by atoms with Crippen LogP contribution in [0.25, 0.3) is 17.0 Å². The molecule has 1 aromatic heterocycles. The summed E-state index contributed by atoms with van der Waals surface area (Å²) < 4.78 is 11.1. The monoisotopic (exact) mass is 298 g/mol. The molecule has 0 bridgehead atoms. The summed E-state index contributed by atoms with van der Waals surface area (Å²) >= 11 is 0. The maximum atomic E-state index is 11.5. The highest BCUT2D eigenvalue weighted by Gasteiger charge is 2.09. The lowest BCUT2D eigenvalue weighted by Gasteiger charge is -2.08. The Balaban J connectivity index is 2.54. The molecule has 22 heavy (non-hydrogen) atoms. The summed E-state index contributed by atoms with van der Waals surface area (Å²) in [6.45, 7) is 8.35. The van der Waals surface area contributed by atoms with Gasteiger partial charge in [0.2, 0.25) is 0 Å². The number of hydrogen-bond donors (Lipinski definition) is 0. The predicted octanol–water partition coefficient (Wildman–Crippen LogP) is 5.01. The van der Waals surface area contributed by atoms with E-state index in [1.807, 2.05) is 24.3 Å². The molecule has 1 aromatic carbocycles. The fourth-order valence-corrected chi connectivity index (χ4v) is 1.95. The second kappa shape index (κ2) is 7.12. The van der Waals surface area contributed by atoms with Crippen LogP contribution in [0.3, 0.4) is 0 Å². The summed E-state index contributed by atoms with van der Waals surface area (Å²) in [5.74, 6) is 1.48. The normalized spacial score (nSPS) is 12.3. The maximum absolute atomic E-state index is 11.5. The Morgan fingerprint density at radius 1 is 1.00 bits per heavy atom. The van der Waals surface area contributed by atoms with E-state index in [0.717, 1.165) is 10.9 Å². The van der Waals surface area contributed by atoms with Gasteiger partial charge in [0.1, 0.15) is 11.3 Å². The number of fused-ring (bicyclic) bond motifs is 1. The van der Waals surface area contributed by atoms with Crippen molar-refractivity contribution >= 4 is 17.0 Å². The van der Waals surface area contributed by atoms with Crippen molar-refractivity contribution in [1.82, 2.24) is 0 Å². The van der Waals surface area contributed by atoms with Crippen LogP contribution in [0.4, 0.5) is 0 Å². The summed E-state index contributed by atoms with van der Waals surface area (Å²) in [5.41, 5.74) is 0.985. The van der Waals surface area contributed by atoms with Gasteiger partial charge in [-0.1, -0.05) is 39.8 Å². The second-order valence-electron chi connectivity index (χ2n) is 5.94. The lowest BCUT2D eigenvalue weighted by Crippen LogP contribution is -1.97. The lowest BCUT2D eigenvalue weighted by molar-refractivity contribution is 0.472. The second-order valence-corrected chi connectivity index (χ2v) is 5.94. The number of allylic oxidation sites excluding steroid dienone is 2. The van der Waals surface area contributed by atoms with E-state index in [1.54, 1.807) is 12.3 Å². The molecule has 2 aromatic rings. The number of rotatable bonds is 5. The highest BCUT2D eigenvalue weighted by atomic mass is 16.5. The number of benzene rings is 1. The Hall–Kier alpha value is -2.29. The van der Waals surface area contributed by atoms with E-state index in [0.29, 0.717) is 23.2 Å². The molecule has 0 radical (unpaired) electrons. The predicted molar refractivity (Wildman–Crippen MR) is 91.0 cm³/mol. The highest BCUT2D eigenvalue weighted by molar-refractivity contribution is 5.88. The van der Waals surface area contributed by atoms with E-state index in [-0.39, 0.29) is 5.63 Å². The summed E-state index contributed by atoms with van der Waals surface area (Å²) in [5, 5.41) is 0.878. The van der Waals surface area contributed by atoms with Crippen molar-refractivity contribution < 1.29 is 9.15 Å². The molecule has 1 heterocycles. The largest absolute Gasteiger partial charge is 0.465 e. The van der Waals surface area contributed by atoms with E-state index >= 15 is 0 Å². The molecular formula is C19H22O3. The van der Waals surface area contributed by atoms with Gasteiger partial charge in [-0.05, 0) is 36.1 Å². The van der Waals surface area contributed by atoms with Gasteiger partial charge >= 0.3 is 5.63 Å². The smallest absolute Gasteiger partial charge is 0.336 e. The van der Waals surface area contributed by atoms with Crippen LogP contribution in [-0.4, -0.2) is 0 Å². The van der Waals surface area contributed by atoms with Gasteiger partial charge in [0.25, 0.3) is 0 Å². The first-order valence-electron chi connectivity index (χ1n) is 7.55. The fourth-order valence-electron chi connectivity index (χ4n) is 1.95. The van der Waals surface area contributed by atoms with Crippen LogP contribution >= 0.6 is 0 Å². The molecule has 0 saturated heterocycles. The van der Waals surface area contributed by atoms with Gasteiger partial charge in [0.15, 0.2) is 0 Å². The summed E-state index contributed by atoms with van der Waals surface area (Å²) in [6.07, 6.45) is 7.66. The molecule has 0 amide bonds. The zero-order valence-corrected chi connectivity index (χ0v) is 13.5. The van der Waals surface area contributed by atoms with Gasteiger partial charge in [-0.3, -0.25) is 0 Å². The van der Waals surface area contributed by atoms with Crippen molar-refractivity contribution in [3.8, 4) is 5.75 Å². The van der Waals surface area contributed by atoms with Crippen LogP contribution in [-0.2, 0) is 0 Å². The maximum Gasteiger partial charge on any atom is 0.336 e. The van der Waals surface area contributed by atoms with Crippen LogP contribution in [0.5, 0.6) is 5.75 Å². The summed E-state index contributed by atoms with van der Waals surface area (Å²) in [4.78, 5) is 11.5. The Morgan fingerprint density at radius 3 is 2.36 bits per heavy atom. The molecule has 116 valence electrons. The zero-order chi connectivity index (χ0) is 16.1. The standard InChI is InChI=1S/C19H22O3/c1-13(2)5-8-16-17(21-12-11-14(3)4)9-6-15-7-10-18(20)22-19(15)16/h5-14H,1-4H3. The SMILES string of the molecule is CC(C)C=COc1ccc2ccc(=O)oc2c1C=CC(C)C. The Morgan fingerprint density at radius 2 is 1.68 bits per heavy atom. The Bertz CT molecular complexity index is 749. The minimum Gasteiger partial charge on any atom is -0.465 e. The molecule has 3 heteroatoms. The third-order valence-corrected chi connectivity index (χ3v) is 3.09. The minimum atomic E-state index is -0.360. The van der Waals surface area contributed by atoms with E-state index in [9.17, 15) is 4.79 Å². The van der Waals surface area contributed by atoms with Crippen molar-refractivity contribution in [2.24, 2.45) is 11.8 Å². The molecule has 0 N–H and O–H groups in total. The van der Waals surface area contributed by atoms with Gasteiger partial charge < -0.3 is 9.15 Å². The summed E-state index contributed by atoms with van der Waals surface area (Å²) in [7, 11) is 0. The first-order valence-corrected chi connectivity index (χ1v) is 7.55. The van der Waals surface area contributed by atoms with Gasteiger partial charge in [-0.25, -0.2) is 4.79 Å². The van der Waals surface area contributed by atoms with Gasteiger partial charge in [0, 0.05) is 11.5 Å². The molecule has 0 spiro atoms. The zero-order valence-electron chi connectivity index (χ0n) is 13.5. The van der Waals surface area contributed by atoms with E-state index in [4.69, 9.17) is 9.15 Å². The Labute approximate surface area is 130 Å². The van der Waals surface area contributed by atoms with Gasteiger partial charge in [-0.15, -0.1) is 0 Å². The van der Waals surface area contributed by atoms with Crippen LogP contribution in [0.1, 0.15) is 33.3 Å². The van der Waals surface area contributed by atoms with Crippen molar-refractivity contribution in [3.05, 3.63) is 58.7 Å². The molecule has 0 aliphatic rings. The molecule has 0 fully saturated rings. The molecule has 0 aliphatic heterocycles. The molecule has 0 aliphatic carbocycles. The molecule has 3 nitrogen and oxygen atoms in total. The lowest BCUT2D eigenvalue weighted by atomic mass is 10.1. The average Bonchev–Trinajstić information content (AvgIpc) is 2.45. The topological polar surface area (TPSA) is 39.4 Å². The van der Waals surface area contributed by atoms with Crippen LogP contribution in [0.15, 0.2) is 51.9 Å². The van der Waals surface area contributed by atoms with Crippen LogP contribution in [0.2, 0.25) is 0 Å². The van der Waals surface area contributed by atoms with E-state index < -0.39 is 0 Å². The number of hydrogen-bond acceptors (Lipinski definition) is 3. The first-order chi connectivity index (χ1) is 10.5. The average molecular weight is 298 g/mol. The van der Waals surface area contributed by atoms with Crippen molar-refractivity contribution in [2.75, 3.05) is 0 Å². The van der Waals surface area contributed by atoms with E-state index in [2.05, 4.69) is 33.8 Å². The molecule has 0 unspecified atom stereocenters. The van der Waals surface area contributed by atoms with Crippen LogP contribution < -0.4 is 10.4 Å². The highest BCUT2D eigenvalue weighted by Crippen LogP contribution is 2.29. The fraction of sp³-hybridized carbons (Fsp3) is 0.316. The van der Waals surface area contributed by atoms with Gasteiger partial charge in [-0.2, -0.15) is 0 Å². The Kier molecular flexibility index (Phi) is 5.21. The third-order valence-electron chi connectivity index (χ3n) is 3.09. The van der Waals surface area contributed by atoms with Gasteiger partial charge in [0.05, 0.1) is 11.8 Å². The summed E-state index contributed by atoms with van der Waals surface area (Å²) in [6, 6.07) is 6.98. The molecular weight excluding hydrogens is 276 g/mol. The molecule has 0 atom stereocenters. The minimum absolute atomic E-state index is 0.360. The van der Waals surface area contributed by atoms with Crippen LogP contribution in [0, 0.1) is 11.8 Å². The third kappa shape index (κ3) is 4.10. The molecule has 0 saturated carbocycles. The van der Waals surface area contributed by atoms with Crippen molar-refractivity contribution in [1.29, 1.82) is 0 Å². The van der Waals surface area contributed by atoms with Crippen molar-refractivity contribution in [2.45, 2.75) is 27.7 Å². The quantitative estimate of drug-likeness (QED) is 0.575. The first kappa shape index (κ1) is 16.1. The number of ether oxygens (including phenoxy) is 1. The molecule has 2 rings (SSSR count).